The Morgan fingerprint density at radius 3 is 2.50 bits per heavy atom. The van der Waals surface area contributed by atoms with Crippen molar-refractivity contribution in [2.24, 2.45) is 0 Å². The molecule has 32 heavy (non-hydrogen) atoms. The number of thiocarbonyl (C=S) groups is 1. The number of aromatic nitrogens is 1. The van der Waals surface area contributed by atoms with E-state index < -0.39 is 0 Å². The molecule has 0 atom stereocenters. The zero-order valence-corrected chi connectivity index (χ0v) is 19.2. The quantitative estimate of drug-likeness (QED) is 0.365. The number of amides is 1. The van der Waals surface area contributed by atoms with Gasteiger partial charge in [-0.3, -0.25) is 10.1 Å². The number of ether oxygens (including phenoxy) is 1. The highest BCUT2D eigenvalue weighted by molar-refractivity contribution is 7.80. The van der Waals surface area contributed by atoms with Crippen LogP contribution in [0.5, 0.6) is 5.75 Å². The van der Waals surface area contributed by atoms with Crippen LogP contribution in [-0.2, 0) is 0 Å². The number of oxazole rings is 1. The summed E-state index contributed by atoms with van der Waals surface area (Å²) >= 11 is 11.2. The first kappa shape index (κ1) is 21.8. The molecule has 1 aromatic heterocycles. The molecule has 0 aliphatic heterocycles. The lowest BCUT2D eigenvalue weighted by atomic mass is 10.1. The van der Waals surface area contributed by atoms with Gasteiger partial charge in [-0.05, 0) is 91.8 Å². The van der Waals surface area contributed by atoms with Gasteiger partial charge in [-0.15, -0.1) is 0 Å². The second-order valence-electron chi connectivity index (χ2n) is 7.25. The summed E-state index contributed by atoms with van der Waals surface area (Å²) in [6, 6.07) is 16.0. The number of halogens is 1. The fraction of sp³-hybridized carbons (Fsp3) is 0.125. The van der Waals surface area contributed by atoms with Crippen LogP contribution in [0.25, 0.3) is 22.6 Å². The summed E-state index contributed by atoms with van der Waals surface area (Å²) in [5.74, 6) is 0.686. The lowest BCUT2D eigenvalue weighted by molar-refractivity contribution is 0.0977. The average molecular weight is 466 g/mol. The second-order valence-corrected chi connectivity index (χ2v) is 8.10. The van der Waals surface area contributed by atoms with Gasteiger partial charge in [-0.25, -0.2) is 4.98 Å². The summed E-state index contributed by atoms with van der Waals surface area (Å²) < 4.78 is 11.4. The molecule has 0 bridgehead atoms. The molecule has 4 rings (SSSR count). The average Bonchev–Trinajstić information content (AvgIpc) is 3.17. The highest BCUT2D eigenvalue weighted by atomic mass is 35.5. The Balaban J connectivity index is 1.57. The lowest BCUT2D eigenvalue weighted by Gasteiger charge is -2.13. The van der Waals surface area contributed by atoms with Gasteiger partial charge in [0.15, 0.2) is 10.7 Å². The second kappa shape index (κ2) is 8.98. The smallest absolute Gasteiger partial charge is 0.257 e. The van der Waals surface area contributed by atoms with Crippen molar-refractivity contribution in [3.8, 4) is 17.2 Å². The van der Waals surface area contributed by atoms with Gasteiger partial charge in [-0.2, -0.15) is 0 Å². The van der Waals surface area contributed by atoms with Gasteiger partial charge in [0, 0.05) is 16.1 Å². The number of benzene rings is 3. The molecule has 0 saturated carbocycles. The molecule has 3 aromatic carbocycles. The van der Waals surface area contributed by atoms with E-state index in [0.717, 1.165) is 27.8 Å². The van der Waals surface area contributed by atoms with Crippen molar-refractivity contribution in [3.05, 3.63) is 76.3 Å². The highest BCUT2D eigenvalue weighted by Gasteiger charge is 2.14. The number of anilines is 1. The van der Waals surface area contributed by atoms with Gasteiger partial charge < -0.3 is 14.5 Å². The molecule has 0 aliphatic rings. The van der Waals surface area contributed by atoms with E-state index in [0.29, 0.717) is 27.9 Å². The molecule has 8 heteroatoms. The molecule has 4 aromatic rings. The van der Waals surface area contributed by atoms with Crippen LogP contribution in [0.1, 0.15) is 21.5 Å². The maximum atomic E-state index is 12.4. The van der Waals surface area contributed by atoms with E-state index in [-0.39, 0.29) is 11.0 Å². The Bertz CT molecular complexity index is 1290. The first-order valence-corrected chi connectivity index (χ1v) is 10.6. The van der Waals surface area contributed by atoms with Crippen LogP contribution in [-0.4, -0.2) is 23.1 Å². The van der Waals surface area contributed by atoms with E-state index in [1.54, 1.807) is 37.4 Å². The fourth-order valence-electron chi connectivity index (χ4n) is 3.17. The van der Waals surface area contributed by atoms with Crippen molar-refractivity contribution in [2.45, 2.75) is 13.8 Å². The Hall–Kier alpha value is -3.42. The van der Waals surface area contributed by atoms with Crippen LogP contribution >= 0.6 is 23.8 Å². The van der Waals surface area contributed by atoms with Crippen LogP contribution in [0.4, 0.5) is 5.69 Å². The standard InChI is InChI=1S/C24H20ClN3O3S/c1-13-10-18-21(11-14(13)2)31-23(26-18)16-6-9-20(30-3)19(12-16)27-24(32)28-22(29)15-4-7-17(25)8-5-15/h4-12H,1-3H3,(H2,27,28,29,32). The maximum Gasteiger partial charge on any atom is 0.257 e. The number of hydrogen-bond acceptors (Lipinski definition) is 5. The van der Waals surface area contributed by atoms with Gasteiger partial charge in [0.2, 0.25) is 5.89 Å². The maximum absolute atomic E-state index is 12.4. The van der Waals surface area contributed by atoms with E-state index in [9.17, 15) is 4.79 Å². The van der Waals surface area contributed by atoms with Crippen LogP contribution in [0.2, 0.25) is 5.02 Å². The Morgan fingerprint density at radius 1 is 1.06 bits per heavy atom. The normalized spacial score (nSPS) is 10.8. The number of hydrogen-bond donors (Lipinski definition) is 2. The van der Waals surface area contributed by atoms with E-state index in [2.05, 4.69) is 15.6 Å². The molecule has 0 spiro atoms. The molecule has 0 radical (unpaired) electrons. The summed E-state index contributed by atoms with van der Waals surface area (Å²) in [5, 5.41) is 6.35. The predicted molar refractivity (Wildman–Crippen MR) is 131 cm³/mol. The van der Waals surface area contributed by atoms with Crippen LogP contribution in [0.3, 0.4) is 0 Å². The van der Waals surface area contributed by atoms with Gasteiger partial charge >= 0.3 is 0 Å². The molecule has 0 fully saturated rings. The molecule has 1 heterocycles. The van der Waals surface area contributed by atoms with Gasteiger partial charge in [0.25, 0.3) is 5.91 Å². The number of carbonyl (C=O) groups excluding carboxylic acids is 1. The van der Waals surface area contributed by atoms with E-state index in [4.69, 9.17) is 33.0 Å². The summed E-state index contributed by atoms with van der Waals surface area (Å²) in [5.41, 5.74) is 5.55. The zero-order valence-electron chi connectivity index (χ0n) is 17.7. The number of carbonyl (C=O) groups is 1. The molecule has 1 amide bonds. The van der Waals surface area contributed by atoms with E-state index in [1.165, 1.54) is 0 Å². The zero-order chi connectivity index (χ0) is 22.8. The Morgan fingerprint density at radius 2 is 1.78 bits per heavy atom. The van der Waals surface area contributed by atoms with Crippen molar-refractivity contribution >= 4 is 51.6 Å². The number of aryl methyl sites for hydroxylation is 2. The molecule has 6 nitrogen and oxygen atoms in total. The van der Waals surface area contributed by atoms with Gasteiger partial charge in [-0.1, -0.05) is 11.6 Å². The summed E-state index contributed by atoms with van der Waals surface area (Å²) in [4.78, 5) is 17.0. The molecular formula is C24H20ClN3O3S. The van der Waals surface area contributed by atoms with Crippen LogP contribution < -0.4 is 15.4 Å². The molecule has 162 valence electrons. The molecular weight excluding hydrogens is 446 g/mol. The van der Waals surface area contributed by atoms with Gasteiger partial charge in [0.05, 0.1) is 12.8 Å². The third-order valence-corrected chi connectivity index (χ3v) is 5.49. The van der Waals surface area contributed by atoms with Gasteiger partial charge in [0.1, 0.15) is 11.3 Å². The largest absolute Gasteiger partial charge is 0.495 e. The summed E-state index contributed by atoms with van der Waals surface area (Å²) in [6.45, 7) is 4.07. The van der Waals surface area contributed by atoms with E-state index in [1.807, 2.05) is 38.1 Å². The molecule has 0 saturated heterocycles. The molecule has 0 unspecified atom stereocenters. The van der Waals surface area contributed by atoms with Crippen LogP contribution in [0.15, 0.2) is 59.0 Å². The number of fused-ring (bicyclic) bond motifs is 1. The van der Waals surface area contributed by atoms with Crippen molar-refractivity contribution in [2.75, 3.05) is 12.4 Å². The third kappa shape index (κ3) is 4.59. The minimum absolute atomic E-state index is 0.129. The topological polar surface area (TPSA) is 76.4 Å². The highest BCUT2D eigenvalue weighted by Crippen LogP contribution is 2.32. The number of nitrogens with one attached hydrogen (secondary N) is 2. The van der Waals surface area contributed by atoms with Crippen molar-refractivity contribution in [3.63, 3.8) is 0 Å². The van der Waals surface area contributed by atoms with E-state index >= 15 is 0 Å². The minimum Gasteiger partial charge on any atom is -0.495 e. The first-order chi connectivity index (χ1) is 15.3. The van der Waals surface area contributed by atoms with Crippen molar-refractivity contribution in [1.82, 2.24) is 10.3 Å². The third-order valence-electron chi connectivity index (χ3n) is 5.03. The SMILES string of the molecule is COc1ccc(-c2nc3cc(C)c(C)cc3o2)cc1NC(=S)NC(=O)c1ccc(Cl)cc1. The monoisotopic (exact) mass is 465 g/mol. The molecule has 2 N–H and O–H groups in total. The summed E-state index contributed by atoms with van der Waals surface area (Å²) in [7, 11) is 1.56. The van der Waals surface area contributed by atoms with Crippen molar-refractivity contribution in [1.29, 1.82) is 0 Å². The lowest BCUT2D eigenvalue weighted by Crippen LogP contribution is -2.34. The first-order valence-electron chi connectivity index (χ1n) is 9.78. The number of nitrogens with zero attached hydrogens (tertiary/aromatic N) is 1. The fourth-order valence-corrected chi connectivity index (χ4v) is 3.50. The number of rotatable bonds is 4. The summed E-state index contributed by atoms with van der Waals surface area (Å²) in [6.07, 6.45) is 0. The minimum atomic E-state index is -0.348. The van der Waals surface area contributed by atoms with Crippen LogP contribution in [0, 0.1) is 13.8 Å². The number of methoxy groups -OCH3 is 1. The predicted octanol–water partition coefficient (Wildman–Crippen LogP) is 5.90. The van der Waals surface area contributed by atoms with Crippen molar-refractivity contribution < 1.29 is 13.9 Å². The molecule has 0 aliphatic carbocycles. The Kier molecular flexibility index (Phi) is 6.12. The Labute approximate surface area is 195 Å².